The van der Waals surface area contributed by atoms with Gasteiger partial charge < -0.3 is 4.74 Å². The van der Waals surface area contributed by atoms with Crippen molar-refractivity contribution in [1.29, 1.82) is 0 Å². The molecule has 0 unspecified atom stereocenters. The van der Waals surface area contributed by atoms with Gasteiger partial charge in [-0.2, -0.15) is 0 Å². The van der Waals surface area contributed by atoms with Crippen LogP contribution in [-0.2, 0) is 20.7 Å². The average Bonchev–Trinajstić information content (AvgIpc) is 2.59. The van der Waals surface area contributed by atoms with Crippen molar-refractivity contribution in [2.24, 2.45) is 11.7 Å². The maximum absolute atomic E-state index is 11.2. The van der Waals surface area contributed by atoms with Gasteiger partial charge in [0.15, 0.2) is 0 Å². The third kappa shape index (κ3) is 12.2. The van der Waals surface area contributed by atoms with Gasteiger partial charge in [0.2, 0.25) is 0 Å². The molecule has 23 heavy (non-hydrogen) atoms. The second kappa shape index (κ2) is 17.4. The molecule has 0 heterocycles. The third-order valence-electron chi connectivity index (χ3n) is 2.37. The molecule has 0 fully saturated rings. The molecule has 0 atom stereocenters. The second-order valence-corrected chi connectivity index (χ2v) is 4.96. The third-order valence-corrected chi connectivity index (χ3v) is 3.42. The lowest BCUT2D eigenvalue weighted by Crippen LogP contribution is -2.15. The average molecular weight is 497 g/mol. The maximum Gasteiger partial charge on any atom is 0.388 e. The van der Waals surface area contributed by atoms with Crippen LogP contribution in [0.15, 0.2) is 24.3 Å². The Morgan fingerprint density at radius 2 is 1.87 bits per heavy atom. The Bertz CT molecular complexity index is 528. The molecule has 0 aliphatic heterocycles. The van der Waals surface area contributed by atoms with E-state index in [0.717, 1.165) is 12.8 Å². The lowest BCUT2D eigenvalue weighted by Gasteiger charge is -2.01. The zero-order valence-corrected chi connectivity index (χ0v) is 17.0. The summed E-state index contributed by atoms with van der Waals surface area (Å²) in [6, 6.07) is 8.15. The van der Waals surface area contributed by atoms with Crippen LogP contribution in [0.3, 0.4) is 0 Å². The Kier molecular flexibility index (Phi) is 18.4. The van der Waals surface area contributed by atoms with Crippen molar-refractivity contribution in [1.82, 2.24) is 0 Å². The van der Waals surface area contributed by atoms with E-state index in [0.29, 0.717) is 6.42 Å². The normalized spacial score (nSPS) is 8.26. The summed E-state index contributed by atoms with van der Waals surface area (Å²) in [6.07, 6.45) is 2.38. The molecule has 0 bridgehead atoms. The van der Waals surface area contributed by atoms with Crippen molar-refractivity contribution in [3.8, 4) is 11.8 Å². The van der Waals surface area contributed by atoms with E-state index in [9.17, 15) is 9.59 Å². The summed E-state index contributed by atoms with van der Waals surface area (Å²) in [7, 11) is 0. The molecule has 0 aliphatic rings. The van der Waals surface area contributed by atoms with E-state index in [4.69, 9.17) is 0 Å². The van der Waals surface area contributed by atoms with Crippen LogP contribution >= 0.6 is 38.5 Å². The molecular formula is C16H22BrIN2O3. The van der Waals surface area contributed by atoms with Crippen molar-refractivity contribution in [3.63, 3.8) is 0 Å². The number of esters is 1. The Labute approximate surface area is 159 Å². The predicted molar refractivity (Wildman–Crippen MR) is 105 cm³/mol. The van der Waals surface area contributed by atoms with Crippen LogP contribution in [0.2, 0.25) is 0 Å². The molecule has 0 radical (unpaired) electrons. The summed E-state index contributed by atoms with van der Waals surface area (Å²) >= 11 is 5.24. The number of alkyl halides is 1. The summed E-state index contributed by atoms with van der Waals surface area (Å²) < 4.78 is 5.79. The van der Waals surface area contributed by atoms with E-state index in [1.807, 2.05) is 18.0 Å². The number of nitrogens with two attached hydrogens (primary N) is 2. The fourth-order valence-corrected chi connectivity index (χ4v) is 2.12. The summed E-state index contributed by atoms with van der Waals surface area (Å²) in [6.45, 7) is 1.85. The molecule has 5 nitrogen and oxygen atoms in total. The standard InChI is InChI=1S/C15H15IO3.CH3Br.H4N2/c1-2-19-15(18)14(17)11-5-3-4-8-12-9-6-7-10-13(12)16;2*1-2/h6-7,9-10H,2-4,8H2,1H3;1H3;1-2H2. The van der Waals surface area contributed by atoms with Gasteiger partial charge in [-0.05, 0) is 65.7 Å². The van der Waals surface area contributed by atoms with Crippen molar-refractivity contribution in [3.05, 3.63) is 33.4 Å². The topological polar surface area (TPSA) is 95.4 Å². The molecule has 1 aromatic carbocycles. The van der Waals surface area contributed by atoms with Gasteiger partial charge in [-0.3, -0.25) is 16.5 Å². The quantitative estimate of drug-likeness (QED) is 0.0751. The number of Topliss-reactive ketones (excluding diaryl/α,β-unsaturated/α-hetero) is 1. The number of unbranched alkanes of at least 4 members (excludes halogenated alkanes) is 1. The number of hydrogen-bond acceptors (Lipinski definition) is 5. The SMILES string of the molecule is CBr.CCOC(=O)C(=O)C#CCCCc1ccccc1I.NN. The number of aryl methyl sites for hydroxylation is 1. The highest BCUT2D eigenvalue weighted by Gasteiger charge is 2.10. The van der Waals surface area contributed by atoms with E-state index < -0.39 is 11.8 Å². The molecule has 1 aromatic rings. The first-order valence-electron chi connectivity index (χ1n) is 6.79. The molecule has 1 rings (SSSR count). The second-order valence-electron chi connectivity index (χ2n) is 3.80. The minimum absolute atomic E-state index is 0.193. The number of ketones is 1. The smallest absolute Gasteiger partial charge is 0.388 e. The highest BCUT2D eigenvalue weighted by atomic mass is 127. The Morgan fingerprint density at radius 1 is 1.26 bits per heavy atom. The van der Waals surface area contributed by atoms with E-state index in [2.05, 4.69) is 78.9 Å². The summed E-state index contributed by atoms with van der Waals surface area (Å²) in [5.74, 6) is 13.2. The molecule has 0 aliphatic carbocycles. The van der Waals surface area contributed by atoms with Crippen LogP contribution in [-0.4, -0.2) is 24.2 Å². The van der Waals surface area contributed by atoms with Gasteiger partial charge in [0.1, 0.15) is 0 Å². The molecule has 0 saturated carbocycles. The molecule has 128 valence electrons. The number of carbonyl (C=O) groups is 2. The van der Waals surface area contributed by atoms with Gasteiger partial charge in [0, 0.05) is 9.99 Å². The highest BCUT2D eigenvalue weighted by Crippen LogP contribution is 2.13. The summed E-state index contributed by atoms with van der Waals surface area (Å²) in [5.41, 5.74) is 1.28. The fraction of sp³-hybridized carbons (Fsp3) is 0.375. The Balaban J connectivity index is 0. The minimum atomic E-state index is -0.868. The predicted octanol–water partition coefficient (Wildman–Crippen LogP) is 2.58. The van der Waals surface area contributed by atoms with Crippen LogP contribution < -0.4 is 11.7 Å². The van der Waals surface area contributed by atoms with Crippen LogP contribution in [0.4, 0.5) is 0 Å². The van der Waals surface area contributed by atoms with Crippen molar-refractivity contribution >= 4 is 50.3 Å². The van der Waals surface area contributed by atoms with Gasteiger partial charge in [0.25, 0.3) is 0 Å². The van der Waals surface area contributed by atoms with Crippen LogP contribution in [0, 0.1) is 15.4 Å². The van der Waals surface area contributed by atoms with Crippen molar-refractivity contribution < 1.29 is 14.3 Å². The molecule has 0 spiro atoms. The first kappa shape index (κ1) is 24.3. The number of halogens is 2. The van der Waals surface area contributed by atoms with E-state index in [1.165, 1.54) is 9.13 Å². The Morgan fingerprint density at radius 3 is 2.43 bits per heavy atom. The van der Waals surface area contributed by atoms with Gasteiger partial charge in [-0.15, -0.1) is 0 Å². The zero-order valence-electron chi connectivity index (χ0n) is 13.3. The summed E-state index contributed by atoms with van der Waals surface area (Å²) in [4.78, 5) is 22.2. The molecule has 0 saturated heterocycles. The van der Waals surface area contributed by atoms with Crippen LogP contribution in [0.5, 0.6) is 0 Å². The Hall–Kier alpha value is -0.950. The molecule has 0 aromatic heterocycles. The van der Waals surface area contributed by atoms with Crippen LogP contribution in [0.1, 0.15) is 25.3 Å². The number of benzene rings is 1. The maximum atomic E-state index is 11.2. The monoisotopic (exact) mass is 496 g/mol. The molecule has 4 N–H and O–H groups in total. The molecule has 7 heteroatoms. The minimum Gasteiger partial charge on any atom is -0.459 e. The molecular weight excluding hydrogens is 475 g/mol. The largest absolute Gasteiger partial charge is 0.459 e. The number of carbonyl (C=O) groups excluding carboxylic acids is 2. The van der Waals surface area contributed by atoms with E-state index >= 15 is 0 Å². The van der Waals surface area contributed by atoms with Gasteiger partial charge in [-0.1, -0.05) is 40.0 Å². The number of rotatable bonds is 5. The molecule has 0 amide bonds. The first-order valence-corrected chi connectivity index (χ1v) is 9.46. The van der Waals surface area contributed by atoms with Crippen LogP contribution in [0.25, 0.3) is 0 Å². The summed E-state index contributed by atoms with van der Waals surface area (Å²) in [5, 5.41) is 0. The van der Waals surface area contributed by atoms with E-state index in [-0.39, 0.29) is 6.61 Å². The fourth-order valence-electron chi connectivity index (χ4n) is 1.46. The number of ether oxygens (including phenoxy) is 1. The zero-order chi connectivity index (χ0) is 18.1. The lowest BCUT2D eigenvalue weighted by molar-refractivity contribution is -0.150. The lowest BCUT2D eigenvalue weighted by atomic mass is 10.1. The van der Waals surface area contributed by atoms with E-state index in [1.54, 1.807) is 6.92 Å². The van der Waals surface area contributed by atoms with Crippen molar-refractivity contribution in [2.45, 2.75) is 26.2 Å². The number of hydrogen-bond donors (Lipinski definition) is 2. The highest BCUT2D eigenvalue weighted by molar-refractivity contribution is 14.1. The van der Waals surface area contributed by atoms with Gasteiger partial charge in [-0.25, -0.2) is 4.79 Å². The number of hydrazine groups is 1. The first-order chi connectivity index (χ1) is 11.1. The van der Waals surface area contributed by atoms with Crippen molar-refractivity contribution in [2.75, 3.05) is 12.4 Å². The van der Waals surface area contributed by atoms with Gasteiger partial charge >= 0.3 is 11.8 Å². The van der Waals surface area contributed by atoms with Gasteiger partial charge in [0.05, 0.1) is 6.61 Å².